The first-order valence-corrected chi connectivity index (χ1v) is 10.3. The van der Waals surface area contributed by atoms with Gasteiger partial charge < -0.3 is 18.6 Å². The zero-order valence-corrected chi connectivity index (χ0v) is 15.2. The predicted octanol–water partition coefficient (Wildman–Crippen LogP) is 3.22. The van der Waals surface area contributed by atoms with E-state index < -0.39 is 14.3 Å². The van der Waals surface area contributed by atoms with E-state index >= 15 is 0 Å². The standard InChI is InChI=1S/C15H28O5Si/c1-8-17-14(16)13-11(2)18-9-12(20-13)10-19-21(6,7)15(3,4)5/h12H,8-10H2,1-7H3. The summed E-state index contributed by atoms with van der Waals surface area (Å²) >= 11 is 0. The Hall–Kier alpha value is -1.01. The molecular weight excluding hydrogens is 288 g/mol. The molecule has 0 fully saturated rings. The van der Waals surface area contributed by atoms with Gasteiger partial charge in [0, 0.05) is 0 Å². The van der Waals surface area contributed by atoms with Crippen molar-refractivity contribution in [2.75, 3.05) is 19.8 Å². The molecule has 0 N–H and O–H groups in total. The fourth-order valence-corrected chi connectivity index (χ4v) is 2.59. The number of hydrogen-bond donors (Lipinski definition) is 0. The van der Waals surface area contributed by atoms with Gasteiger partial charge in [0.15, 0.2) is 14.4 Å². The van der Waals surface area contributed by atoms with Crippen molar-refractivity contribution < 1.29 is 23.4 Å². The molecule has 0 aliphatic carbocycles. The van der Waals surface area contributed by atoms with Gasteiger partial charge in [0.2, 0.25) is 5.76 Å². The zero-order chi connectivity index (χ0) is 16.3. The molecule has 0 saturated carbocycles. The van der Waals surface area contributed by atoms with Gasteiger partial charge in [-0.05, 0) is 32.0 Å². The molecule has 1 rings (SSSR count). The number of esters is 1. The van der Waals surface area contributed by atoms with Crippen LogP contribution in [0.5, 0.6) is 0 Å². The van der Waals surface area contributed by atoms with Gasteiger partial charge >= 0.3 is 5.97 Å². The average Bonchev–Trinajstić information content (AvgIpc) is 2.36. The molecular formula is C15H28O5Si. The van der Waals surface area contributed by atoms with Crippen molar-refractivity contribution in [2.45, 2.75) is 58.9 Å². The molecule has 1 aliphatic heterocycles. The number of rotatable bonds is 5. The smallest absolute Gasteiger partial charge is 0.377 e. The van der Waals surface area contributed by atoms with Crippen molar-refractivity contribution in [1.82, 2.24) is 0 Å². The summed E-state index contributed by atoms with van der Waals surface area (Å²) in [6.45, 7) is 15.5. The van der Waals surface area contributed by atoms with E-state index in [2.05, 4.69) is 33.9 Å². The van der Waals surface area contributed by atoms with Gasteiger partial charge in [0.25, 0.3) is 0 Å². The Balaban J connectivity index is 2.63. The van der Waals surface area contributed by atoms with Crippen LogP contribution in [0.25, 0.3) is 0 Å². The molecule has 0 aromatic carbocycles. The third-order valence-corrected chi connectivity index (χ3v) is 8.49. The lowest BCUT2D eigenvalue weighted by Crippen LogP contribution is -2.44. The molecule has 0 aromatic heterocycles. The molecule has 0 saturated heterocycles. The zero-order valence-electron chi connectivity index (χ0n) is 14.2. The molecule has 0 bridgehead atoms. The van der Waals surface area contributed by atoms with Crippen molar-refractivity contribution in [2.24, 2.45) is 0 Å². The van der Waals surface area contributed by atoms with E-state index in [1.807, 2.05) is 0 Å². The molecule has 0 spiro atoms. The first-order valence-electron chi connectivity index (χ1n) is 7.40. The second kappa shape index (κ2) is 6.83. The van der Waals surface area contributed by atoms with Crippen LogP contribution in [-0.4, -0.2) is 40.2 Å². The highest BCUT2D eigenvalue weighted by atomic mass is 28.4. The maximum absolute atomic E-state index is 11.8. The Bertz CT molecular complexity index is 409. The number of carbonyl (C=O) groups is 1. The van der Waals surface area contributed by atoms with Crippen LogP contribution in [-0.2, 0) is 23.4 Å². The van der Waals surface area contributed by atoms with Gasteiger partial charge in [0.1, 0.15) is 12.4 Å². The minimum absolute atomic E-state index is 0.137. The quantitative estimate of drug-likeness (QED) is 0.576. The molecule has 1 atom stereocenters. The summed E-state index contributed by atoms with van der Waals surface area (Å²) in [6.07, 6.45) is -0.276. The lowest BCUT2D eigenvalue weighted by atomic mass is 10.2. The summed E-state index contributed by atoms with van der Waals surface area (Å²) in [7, 11) is -1.84. The lowest BCUT2D eigenvalue weighted by molar-refractivity contribution is -0.147. The first kappa shape index (κ1) is 18.0. The van der Waals surface area contributed by atoms with Gasteiger partial charge in [-0.15, -0.1) is 0 Å². The summed E-state index contributed by atoms with van der Waals surface area (Å²) < 4.78 is 22.3. The van der Waals surface area contributed by atoms with E-state index in [4.69, 9.17) is 18.6 Å². The highest BCUT2D eigenvalue weighted by Crippen LogP contribution is 2.36. The maximum Gasteiger partial charge on any atom is 0.377 e. The highest BCUT2D eigenvalue weighted by Gasteiger charge is 2.38. The normalized spacial score (nSPS) is 19.9. The van der Waals surface area contributed by atoms with Gasteiger partial charge in [0.05, 0.1) is 13.2 Å². The minimum Gasteiger partial charge on any atom is -0.490 e. The Kier molecular flexibility index (Phi) is 5.87. The maximum atomic E-state index is 11.8. The molecule has 6 heteroatoms. The number of carbonyl (C=O) groups excluding carboxylic acids is 1. The third-order valence-electron chi connectivity index (χ3n) is 3.99. The largest absolute Gasteiger partial charge is 0.490 e. The van der Waals surface area contributed by atoms with Crippen LogP contribution >= 0.6 is 0 Å². The van der Waals surface area contributed by atoms with E-state index in [1.165, 1.54) is 0 Å². The SMILES string of the molecule is CCOC(=O)C1=C(C)OCC(CO[Si](C)(C)C(C)(C)C)O1. The van der Waals surface area contributed by atoms with Crippen LogP contribution in [0, 0.1) is 0 Å². The van der Waals surface area contributed by atoms with Crippen LogP contribution in [0.1, 0.15) is 34.6 Å². The molecule has 1 heterocycles. The molecule has 0 aromatic rings. The Morgan fingerprint density at radius 1 is 1.38 bits per heavy atom. The molecule has 1 unspecified atom stereocenters. The van der Waals surface area contributed by atoms with Crippen LogP contribution in [0.4, 0.5) is 0 Å². The molecule has 21 heavy (non-hydrogen) atoms. The van der Waals surface area contributed by atoms with Gasteiger partial charge in [-0.1, -0.05) is 20.8 Å². The Labute approximate surface area is 128 Å². The molecule has 122 valence electrons. The summed E-state index contributed by atoms with van der Waals surface area (Å²) in [4.78, 5) is 11.8. The van der Waals surface area contributed by atoms with Crippen LogP contribution in [0.15, 0.2) is 11.5 Å². The van der Waals surface area contributed by atoms with E-state index in [0.717, 1.165) is 0 Å². The minimum atomic E-state index is -1.84. The molecule has 0 radical (unpaired) electrons. The van der Waals surface area contributed by atoms with Crippen molar-refractivity contribution in [1.29, 1.82) is 0 Å². The monoisotopic (exact) mass is 316 g/mol. The Morgan fingerprint density at radius 3 is 2.52 bits per heavy atom. The second-order valence-electron chi connectivity index (χ2n) is 6.73. The molecule has 1 aliphatic rings. The lowest BCUT2D eigenvalue weighted by Gasteiger charge is -2.37. The summed E-state index contributed by atoms with van der Waals surface area (Å²) in [5.41, 5.74) is 0. The average molecular weight is 316 g/mol. The third kappa shape index (κ3) is 4.74. The first-order chi connectivity index (χ1) is 9.58. The van der Waals surface area contributed by atoms with Crippen molar-refractivity contribution in [3.8, 4) is 0 Å². The summed E-state index contributed by atoms with van der Waals surface area (Å²) in [5.74, 6) is 0.149. The number of hydrogen-bond acceptors (Lipinski definition) is 5. The number of allylic oxidation sites excluding steroid dienone is 1. The van der Waals surface area contributed by atoms with Crippen LogP contribution in [0.2, 0.25) is 18.1 Å². The second-order valence-corrected chi connectivity index (χ2v) is 11.5. The van der Waals surface area contributed by atoms with Crippen molar-refractivity contribution >= 4 is 14.3 Å². The van der Waals surface area contributed by atoms with Gasteiger partial charge in [-0.3, -0.25) is 0 Å². The Morgan fingerprint density at radius 2 is 2.00 bits per heavy atom. The molecule has 5 nitrogen and oxygen atoms in total. The number of ether oxygens (including phenoxy) is 3. The predicted molar refractivity (Wildman–Crippen MR) is 83.3 cm³/mol. The van der Waals surface area contributed by atoms with E-state index in [-0.39, 0.29) is 16.9 Å². The summed E-state index contributed by atoms with van der Waals surface area (Å²) in [6, 6.07) is 0. The molecule has 0 amide bonds. The van der Waals surface area contributed by atoms with E-state index in [0.29, 0.717) is 25.6 Å². The van der Waals surface area contributed by atoms with E-state index in [1.54, 1.807) is 13.8 Å². The fourth-order valence-electron chi connectivity index (χ4n) is 1.56. The highest BCUT2D eigenvalue weighted by molar-refractivity contribution is 6.74. The topological polar surface area (TPSA) is 54.0 Å². The van der Waals surface area contributed by atoms with Crippen LogP contribution in [0.3, 0.4) is 0 Å². The van der Waals surface area contributed by atoms with Gasteiger partial charge in [-0.25, -0.2) is 4.79 Å². The van der Waals surface area contributed by atoms with Crippen molar-refractivity contribution in [3.05, 3.63) is 11.5 Å². The van der Waals surface area contributed by atoms with Crippen LogP contribution < -0.4 is 0 Å². The van der Waals surface area contributed by atoms with E-state index in [9.17, 15) is 4.79 Å². The summed E-state index contributed by atoms with van der Waals surface area (Å²) in [5, 5.41) is 0.137. The van der Waals surface area contributed by atoms with Gasteiger partial charge in [-0.2, -0.15) is 0 Å². The van der Waals surface area contributed by atoms with Crippen molar-refractivity contribution in [3.63, 3.8) is 0 Å². The fraction of sp³-hybridized carbons (Fsp3) is 0.800.